The van der Waals surface area contributed by atoms with Crippen molar-refractivity contribution in [3.05, 3.63) is 0 Å². The molecule has 7 nitrogen and oxygen atoms in total. The predicted molar refractivity (Wildman–Crippen MR) is 86.9 cm³/mol. The van der Waals surface area contributed by atoms with Crippen molar-refractivity contribution in [1.29, 1.82) is 0 Å². The van der Waals surface area contributed by atoms with Gasteiger partial charge >= 0.3 is 6.03 Å². The van der Waals surface area contributed by atoms with E-state index in [9.17, 15) is 13.2 Å². The highest BCUT2D eigenvalue weighted by Gasteiger charge is 2.43. The smallest absolute Gasteiger partial charge is 0.315 e. The van der Waals surface area contributed by atoms with Gasteiger partial charge in [0.2, 0.25) is 0 Å². The summed E-state index contributed by atoms with van der Waals surface area (Å²) in [4.78, 5) is 11.8. The van der Waals surface area contributed by atoms with Gasteiger partial charge in [-0.3, -0.25) is 0 Å². The van der Waals surface area contributed by atoms with Crippen molar-refractivity contribution in [2.45, 2.75) is 57.5 Å². The second-order valence-electron chi connectivity index (χ2n) is 6.99. The number of carbonyl (C=O) groups excluding carboxylic acids is 1. The number of carbonyl (C=O) groups is 1. The van der Waals surface area contributed by atoms with Gasteiger partial charge in [-0.1, -0.05) is 6.92 Å². The van der Waals surface area contributed by atoms with Crippen LogP contribution in [-0.2, 0) is 19.3 Å². The van der Waals surface area contributed by atoms with Gasteiger partial charge in [-0.15, -0.1) is 0 Å². The molecule has 0 unspecified atom stereocenters. The third-order valence-electron chi connectivity index (χ3n) is 4.37. The van der Waals surface area contributed by atoms with Crippen LogP contribution in [-0.4, -0.2) is 57.5 Å². The van der Waals surface area contributed by atoms with E-state index in [1.807, 2.05) is 0 Å². The van der Waals surface area contributed by atoms with Crippen molar-refractivity contribution in [3.63, 3.8) is 0 Å². The minimum atomic E-state index is -3.11. The molecule has 23 heavy (non-hydrogen) atoms. The molecular formula is C15H28N2O5S. The van der Waals surface area contributed by atoms with E-state index in [2.05, 4.69) is 17.6 Å². The van der Waals surface area contributed by atoms with Crippen molar-refractivity contribution in [1.82, 2.24) is 10.6 Å². The molecule has 0 bridgehead atoms. The largest absolute Gasteiger partial charge is 0.347 e. The van der Waals surface area contributed by atoms with Gasteiger partial charge in [0.1, 0.15) is 15.9 Å². The fourth-order valence-electron chi connectivity index (χ4n) is 3.16. The Kier molecular flexibility index (Phi) is 5.91. The molecule has 1 aliphatic carbocycles. The predicted octanol–water partition coefficient (Wildman–Crippen LogP) is 1.04. The lowest BCUT2D eigenvalue weighted by Gasteiger charge is -2.34. The first-order valence-corrected chi connectivity index (χ1v) is 10.3. The van der Waals surface area contributed by atoms with Gasteiger partial charge in [-0.05, 0) is 25.7 Å². The van der Waals surface area contributed by atoms with Crippen LogP contribution in [0.4, 0.5) is 4.79 Å². The number of hydrogen-bond donors (Lipinski definition) is 2. The zero-order valence-electron chi connectivity index (χ0n) is 14.1. The molecule has 1 spiro atoms. The Balaban J connectivity index is 1.69. The number of sulfone groups is 1. The molecule has 1 saturated heterocycles. The zero-order chi connectivity index (χ0) is 17.1. The molecule has 0 aromatic rings. The van der Waals surface area contributed by atoms with E-state index in [-0.39, 0.29) is 17.9 Å². The maximum Gasteiger partial charge on any atom is 0.315 e. The van der Waals surface area contributed by atoms with Gasteiger partial charge < -0.3 is 20.1 Å². The number of nitrogens with one attached hydrogen (secondary N) is 2. The summed E-state index contributed by atoms with van der Waals surface area (Å²) in [7, 11) is -3.11. The van der Waals surface area contributed by atoms with E-state index >= 15 is 0 Å². The molecule has 134 valence electrons. The lowest BCUT2D eigenvalue weighted by Crippen LogP contribution is -2.46. The Hall–Kier alpha value is -0.860. The molecule has 2 atom stereocenters. The molecule has 2 aliphatic rings. The number of amides is 2. The van der Waals surface area contributed by atoms with Crippen molar-refractivity contribution in [3.8, 4) is 0 Å². The molecule has 1 saturated carbocycles. The molecule has 1 heterocycles. The number of hydrogen-bond acceptors (Lipinski definition) is 5. The maximum absolute atomic E-state index is 11.8. The molecule has 0 aromatic carbocycles. The van der Waals surface area contributed by atoms with Crippen LogP contribution >= 0.6 is 0 Å². The van der Waals surface area contributed by atoms with E-state index in [0.717, 1.165) is 31.9 Å². The Labute approximate surface area is 138 Å². The van der Waals surface area contributed by atoms with Crippen LogP contribution < -0.4 is 10.6 Å². The van der Waals surface area contributed by atoms with Gasteiger partial charge in [0, 0.05) is 31.7 Å². The number of urea groups is 1. The molecule has 2 amide bonds. The van der Waals surface area contributed by atoms with Crippen LogP contribution in [0.15, 0.2) is 0 Å². The van der Waals surface area contributed by atoms with Gasteiger partial charge in [0.25, 0.3) is 0 Å². The zero-order valence-corrected chi connectivity index (χ0v) is 14.9. The molecule has 1 aliphatic heterocycles. The van der Waals surface area contributed by atoms with Crippen molar-refractivity contribution >= 4 is 15.9 Å². The van der Waals surface area contributed by atoms with Crippen LogP contribution in [0.1, 0.15) is 39.5 Å². The quantitative estimate of drug-likeness (QED) is 0.774. The van der Waals surface area contributed by atoms with E-state index < -0.39 is 21.7 Å². The van der Waals surface area contributed by atoms with Crippen LogP contribution in [0.5, 0.6) is 0 Å². The molecular weight excluding hydrogens is 320 g/mol. The highest BCUT2D eigenvalue weighted by atomic mass is 32.2. The lowest BCUT2D eigenvalue weighted by molar-refractivity contribution is -0.191. The monoisotopic (exact) mass is 348 g/mol. The first-order valence-electron chi connectivity index (χ1n) is 8.21. The standard InChI is InChI=1S/C15H28N2O5S/c1-11-4-6-15(7-5-11)21-9-13(22-15)8-16-14(18)17-12(2)10-23(3,19)20/h11-13H,4-10H2,1-3H3,(H2,16,17,18)/t11?,12-,13+,15?/m0/s1. The normalized spacial score (nSPS) is 32.7. The van der Waals surface area contributed by atoms with Crippen molar-refractivity contribution < 1.29 is 22.7 Å². The summed E-state index contributed by atoms with van der Waals surface area (Å²) >= 11 is 0. The summed E-state index contributed by atoms with van der Waals surface area (Å²) in [5, 5.41) is 5.33. The molecule has 2 N–H and O–H groups in total. The van der Waals surface area contributed by atoms with E-state index in [1.54, 1.807) is 6.92 Å². The molecule has 0 radical (unpaired) electrons. The van der Waals surface area contributed by atoms with Crippen molar-refractivity contribution in [2.75, 3.05) is 25.2 Å². The van der Waals surface area contributed by atoms with Crippen LogP contribution in [0.2, 0.25) is 0 Å². The Morgan fingerprint density at radius 2 is 2.00 bits per heavy atom. The lowest BCUT2D eigenvalue weighted by atomic mass is 9.86. The summed E-state index contributed by atoms with van der Waals surface area (Å²) in [5.41, 5.74) is 0. The molecule has 2 rings (SSSR count). The summed E-state index contributed by atoms with van der Waals surface area (Å²) in [6.45, 7) is 4.74. The van der Waals surface area contributed by atoms with E-state index in [0.29, 0.717) is 19.1 Å². The van der Waals surface area contributed by atoms with Gasteiger partial charge in [-0.2, -0.15) is 0 Å². The average Bonchev–Trinajstić information content (AvgIpc) is 2.81. The minimum Gasteiger partial charge on any atom is -0.347 e. The highest BCUT2D eigenvalue weighted by Crippen LogP contribution is 2.39. The van der Waals surface area contributed by atoms with Gasteiger partial charge in [0.15, 0.2) is 5.79 Å². The Morgan fingerprint density at radius 3 is 2.61 bits per heavy atom. The summed E-state index contributed by atoms with van der Waals surface area (Å²) in [6, 6.07) is -0.820. The molecule has 2 fully saturated rings. The number of ether oxygens (including phenoxy) is 2. The third-order valence-corrected chi connectivity index (χ3v) is 5.48. The third kappa shape index (κ3) is 5.93. The summed E-state index contributed by atoms with van der Waals surface area (Å²) in [6.07, 6.45) is 5.01. The summed E-state index contributed by atoms with van der Waals surface area (Å²) < 4.78 is 34.2. The Bertz CT molecular complexity index is 514. The first kappa shape index (κ1) is 18.5. The topological polar surface area (TPSA) is 93.7 Å². The first-order chi connectivity index (χ1) is 10.7. The number of rotatable bonds is 5. The van der Waals surface area contributed by atoms with Crippen LogP contribution in [0.25, 0.3) is 0 Å². The van der Waals surface area contributed by atoms with E-state index in [4.69, 9.17) is 9.47 Å². The fourth-order valence-corrected chi connectivity index (χ4v) is 4.15. The SMILES string of the molecule is CC1CCC2(CC1)OC[C@@H](CNC(=O)N[C@@H](C)CS(C)(=O)=O)O2. The van der Waals surface area contributed by atoms with Crippen molar-refractivity contribution in [2.24, 2.45) is 5.92 Å². The minimum absolute atomic E-state index is 0.0786. The summed E-state index contributed by atoms with van der Waals surface area (Å²) in [5.74, 6) is 0.177. The molecule has 8 heteroatoms. The fraction of sp³-hybridized carbons (Fsp3) is 0.933. The average molecular weight is 348 g/mol. The highest BCUT2D eigenvalue weighted by molar-refractivity contribution is 7.90. The maximum atomic E-state index is 11.8. The Morgan fingerprint density at radius 1 is 1.35 bits per heavy atom. The van der Waals surface area contributed by atoms with Gasteiger partial charge in [-0.25, -0.2) is 13.2 Å². The van der Waals surface area contributed by atoms with Crippen LogP contribution in [0, 0.1) is 5.92 Å². The van der Waals surface area contributed by atoms with Crippen LogP contribution in [0.3, 0.4) is 0 Å². The molecule has 0 aromatic heterocycles. The second kappa shape index (κ2) is 7.36. The van der Waals surface area contributed by atoms with Gasteiger partial charge in [0.05, 0.1) is 12.4 Å². The second-order valence-corrected chi connectivity index (χ2v) is 9.18. The van der Waals surface area contributed by atoms with E-state index in [1.165, 1.54) is 0 Å².